The van der Waals surface area contributed by atoms with E-state index in [0.717, 1.165) is 56.9 Å². The van der Waals surface area contributed by atoms with E-state index in [0.29, 0.717) is 29.7 Å². The van der Waals surface area contributed by atoms with Crippen molar-refractivity contribution in [2.75, 3.05) is 0 Å². The molecule has 0 aromatic rings. The summed E-state index contributed by atoms with van der Waals surface area (Å²) in [6.45, 7) is 19.8. The van der Waals surface area contributed by atoms with Crippen LogP contribution in [0, 0.1) is 50.7 Å². The third-order valence-electron chi connectivity index (χ3n) is 13.6. The Hall–Kier alpha value is -1.91. The minimum atomic E-state index is -0.888. The van der Waals surface area contributed by atoms with Gasteiger partial charge in [-0.25, -0.2) is 4.79 Å². The highest BCUT2D eigenvalue weighted by Gasteiger charge is 2.70. The normalized spacial score (nSPS) is 44.5. The zero-order valence-corrected chi connectivity index (χ0v) is 26.4. The standard InChI is InChI=1S/C35H52O5/c1-20(2)28-24(37)19-35(18-21(3)30(38)39)17-16-33(8)23(29(28)35)10-11-26-32(7)14-13-27(40-22(4)36)31(5,6)25(32)12-15-34(26,33)9/h18,20,23,25-27H,10-17,19H2,1-9H3,(H,38,39)/b21-18+/t23-,25+,26-,27+,32+,33-,34-,35-/m1/s1. The van der Waals surface area contributed by atoms with E-state index in [2.05, 4.69) is 48.5 Å². The van der Waals surface area contributed by atoms with E-state index < -0.39 is 11.4 Å². The first kappa shape index (κ1) is 29.6. The Morgan fingerprint density at radius 3 is 2.17 bits per heavy atom. The van der Waals surface area contributed by atoms with Gasteiger partial charge in [-0.1, -0.05) is 54.5 Å². The van der Waals surface area contributed by atoms with Gasteiger partial charge in [-0.3, -0.25) is 9.59 Å². The Labute approximate surface area is 241 Å². The monoisotopic (exact) mass is 552 g/mol. The molecule has 5 aliphatic carbocycles. The van der Waals surface area contributed by atoms with Crippen molar-refractivity contribution in [3.05, 3.63) is 22.8 Å². The number of hydrogen-bond acceptors (Lipinski definition) is 4. The van der Waals surface area contributed by atoms with E-state index in [-0.39, 0.29) is 45.4 Å². The van der Waals surface area contributed by atoms with Crippen LogP contribution in [0.1, 0.15) is 120 Å². The number of carbonyl (C=O) groups is 3. The number of hydrogen-bond donors (Lipinski definition) is 1. The van der Waals surface area contributed by atoms with Crippen molar-refractivity contribution in [1.82, 2.24) is 0 Å². The minimum Gasteiger partial charge on any atom is -0.478 e. The molecule has 4 fully saturated rings. The number of ether oxygens (including phenoxy) is 1. The number of carboxylic acid groups (broad SMARTS) is 1. The van der Waals surface area contributed by atoms with Gasteiger partial charge in [0.2, 0.25) is 0 Å². The minimum absolute atomic E-state index is 0.0258. The summed E-state index contributed by atoms with van der Waals surface area (Å²) in [7, 11) is 0. The molecule has 0 saturated heterocycles. The van der Waals surface area contributed by atoms with Gasteiger partial charge in [-0.2, -0.15) is 0 Å². The van der Waals surface area contributed by atoms with Crippen LogP contribution in [0.4, 0.5) is 0 Å². The highest BCUT2D eigenvalue weighted by Crippen LogP contribution is 2.76. The van der Waals surface area contributed by atoms with Gasteiger partial charge in [-0.05, 0) is 109 Å². The third-order valence-corrected chi connectivity index (χ3v) is 13.6. The summed E-state index contributed by atoms with van der Waals surface area (Å²) >= 11 is 0. The number of Topliss-reactive ketones (excluding diaryl/α,β-unsaturated/α-hetero) is 1. The molecule has 5 aliphatic rings. The lowest BCUT2D eigenvalue weighted by Gasteiger charge is -2.72. The van der Waals surface area contributed by atoms with E-state index in [1.54, 1.807) is 6.92 Å². The maximum atomic E-state index is 13.6. The molecule has 0 aromatic carbocycles. The van der Waals surface area contributed by atoms with Crippen molar-refractivity contribution in [2.45, 2.75) is 126 Å². The maximum absolute atomic E-state index is 13.6. The number of allylic oxidation sites excluding steroid dienone is 3. The molecule has 0 aliphatic heterocycles. The summed E-state index contributed by atoms with van der Waals surface area (Å²) in [5.74, 6) is 0.684. The average molecular weight is 553 g/mol. The quantitative estimate of drug-likeness (QED) is 0.283. The fraction of sp³-hybridized carbons (Fsp3) is 0.800. The van der Waals surface area contributed by atoms with Gasteiger partial charge < -0.3 is 9.84 Å². The summed E-state index contributed by atoms with van der Waals surface area (Å²) in [6, 6.07) is 0. The molecular formula is C35H52O5. The summed E-state index contributed by atoms with van der Waals surface area (Å²) in [5, 5.41) is 9.80. The van der Waals surface area contributed by atoms with Crippen LogP contribution >= 0.6 is 0 Å². The van der Waals surface area contributed by atoms with E-state index in [1.807, 2.05) is 6.08 Å². The van der Waals surface area contributed by atoms with Gasteiger partial charge in [0.25, 0.3) is 0 Å². The smallest absolute Gasteiger partial charge is 0.330 e. The van der Waals surface area contributed by atoms with Crippen LogP contribution in [-0.2, 0) is 19.1 Å². The van der Waals surface area contributed by atoms with Crippen molar-refractivity contribution in [1.29, 1.82) is 0 Å². The molecule has 5 heteroatoms. The summed E-state index contributed by atoms with van der Waals surface area (Å²) in [4.78, 5) is 37.5. The predicted octanol–water partition coefficient (Wildman–Crippen LogP) is 7.93. The fourth-order valence-electron chi connectivity index (χ4n) is 11.7. The Morgan fingerprint density at radius 2 is 1.57 bits per heavy atom. The first-order valence-electron chi connectivity index (χ1n) is 15.8. The molecule has 0 unspecified atom stereocenters. The molecule has 0 amide bonds. The fourth-order valence-corrected chi connectivity index (χ4v) is 11.7. The zero-order chi connectivity index (χ0) is 29.6. The van der Waals surface area contributed by atoms with Crippen molar-refractivity contribution >= 4 is 17.7 Å². The van der Waals surface area contributed by atoms with Crippen LogP contribution in [0.25, 0.3) is 0 Å². The Morgan fingerprint density at radius 1 is 0.900 bits per heavy atom. The van der Waals surface area contributed by atoms with Gasteiger partial charge in [0.1, 0.15) is 6.10 Å². The molecule has 40 heavy (non-hydrogen) atoms. The number of esters is 1. The first-order chi connectivity index (χ1) is 18.4. The third kappa shape index (κ3) is 3.87. The van der Waals surface area contributed by atoms with Gasteiger partial charge in [0, 0.05) is 29.7 Å². The van der Waals surface area contributed by atoms with E-state index >= 15 is 0 Å². The number of carbonyl (C=O) groups excluding carboxylic acids is 2. The highest BCUT2D eigenvalue weighted by atomic mass is 16.5. The van der Waals surface area contributed by atoms with Crippen molar-refractivity contribution < 1.29 is 24.2 Å². The first-order valence-corrected chi connectivity index (χ1v) is 15.8. The average Bonchev–Trinajstić information content (AvgIpc) is 3.13. The topological polar surface area (TPSA) is 80.7 Å². The summed E-state index contributed by atoms with van der Waals surface area (Å²) in [6.07, 6.45) is 10.7. The van der Waals surface area contributed by atoms with Crippen LogP contribution in [0.2, 0.25) is 0 Å². The summed E-state index contributed by atoms with van der Waals surface area (Å²) in [5.41, 5.74) is 2.50. The van der Waals surface area contributed by atoms with Crippen LogP contribution in [-0.4, -0.2) is 28.9 Å². The van der Waals surface area contributed by atoms with Crippen LogP contribution in [0.3, 0.4) is 0 Å². The second-order valence-electron chi connectivity index (χ2n) is 15.9. The molecule has 0 spiro atoms. The van der Waals surface area contributed by atoms with Crippen LogP contribution < -0.4 is 0 Å². The van der Waals surface area contributed by atoms with Crippen molar-refractivity contribution in [2.24, 2.45) is 50.7 Å². The number of aliphatic carboxylic acids is 1. The largest absolute Gasteiger partial charge is 0.478 e. The maximum Gasteiger partial charge on any atom is 0.330 e. The molecule has 5 rings (SSSR count). The molecule has 8 atom stereocenters. The van der Waals surface area contributed by atoms with Gasteiger partial charge in [0.05, 0.1) is 0 Å². The second-order valence-corrected chi connectivity index (χ2v) is 15.9. The van der Waals surface area contributed by atoms with Crippen molar-refractivity contribution in [3.8, 4) is 0 Å². The van der Waals surface area contributed by atoms with Crippen molar-refractivity contribution in [3.63, 3.8) is 0 Å². The Bertz CT molecular complexity index is 1190. The lowest BCUT2D eigenvalue weighted by molar-refractivity contribution is -0.232. The predicted molar refractivity (Wildman–Crippen MR) is 156 cm³/mol. The van der Waals surface area contributed by atoms with E-state index in [9.17, 15) is 19.5 Å². The molecule has 4 saturated carbocycles. The second kappa shape index (κ2) is 9.30. The Balaban J connectivity index is 1.58. The SMILES string of the molecule is CC(=O)O[C@H]1CC[C@]2(C)[C@H]3CC[C@@H]4C5=C(C(C)C)C(=O)C[C@]5(/C=C(\C)C(=O)O)CC[C@@]4(C)[C@]3(C)CC[C@H]2C1(C)C. The summed E-state index contributed by atoms with van der Waals surface area (Å²) < 4.78 is 5.89. The molecule has 0 bridgehead atoms. The number of rotatable bonds is 4. The Kier molecular flexibility index (Phi) is 6.87. The zero-order valence-electron chi connectivity index (χ0n) is 26.4. The molecule has 0 aromatic heterocycles. The molecule has 0 heterocycles. The number of ketones is 1. The van der Waals surface area contributed by atoms with Crippen LogP contribution in [0.15, 0.2) is 22.8 Å². The van der Waals surface area contributed by atoms with E-state index in [4.69, 9.17) is 4.74 Å². The van der Waals surface area contributed by atoms with Gasteiger partial charge in [0.15, 0.2) is 5.78 Å². The lowest BCUT2D eigenvalue weighted by atomic mass is 9.33. The number of carboxylic acids is 1. The molecule has 5 nitrogen and oxygen atoms in total. The molecule has 0 radical (unpaired) electrons. The molecule has 222 valence electrons. The van der Waals surface area contributed by atoms with Gasteiger partial charge >= 0.3 is 11.9 Å². The molecule has 1 N–H and O–H groups in total. The lowest BCUT2D eigenvalue weighted by Crippen LogP contribution is -2.65. The van der Waals surface area contributed by atoms with E-state index in [1.165, 1.54) is 12.5 Å². The van der Waals surface area contributed by atoms with Crippen LogP contribution in [0.5, 0.6) is 0 Å². The highest BCUT2D eigenvalue weighted by molar-refractivity contribution is 6.01. The molecular weight excluding hydrogens is 500 g/mol. The number of fused-ring (bicyclic) bond motifs is 7. The van der Waals surface area contributed by atoms with Gasteiger partial charge in [-0.15, -0.1) is 0 Å².